The summed E-state index contributed by atoms with van der Waals surface area (Å²) in [4.78, 5) is 11.2. The van der Waals surface area contributed by atoms with E-state index in [0.717, 1.165) is 16.5 Å². The minimum absolute atomic E-state index is 0.158. The maximum atomic E-state index is 11.2. The van der Waals surface area contributed by atoms with E-state index in [9.17, 15) is 4.79 Å². The van der Waals surface area contributed by atoms with Crippen LogP contribution in [0.3, 0.4) is 0 Å². The van der Waals surface area contributed by atoms with Crippen molar-refractivity contribution in [1.29, 1.82) is 0 Å². The molecule has 1 heterocycles. The molecule has 0 fully saturated rings. The van der Waals surface area contributed by atoms with E-state index in [1.807, 2.05) is 18.2 Å². The van der Waals surface area contributed by atoms with E-state index >= 15 is 0 Å². The third-order valence-electron chi connectivity index (χ3n) is 3.70. The number of benzene rings is 2. The molecule has 0 radical (unpaired) electrons. The predicted octanol–water partition coefficient (Wildman–Crippen LogP) is 4.76. The van der Waals surface area contributed by atoms with Crippen molar-refractivity contribution in [2.75, 3.05) is 0 Å². The molecule has 0 bridgehead atoms. The smallest absolute Gasteiger partial charge is 0.336 e. The molecule has 21 heavy (non-hydrogen) atoms. The molecule has 0 saturated carbocycles. The van der Waals surface area contributed by atoms with Crippen LogP contribution >= 0.6 is 0 Å². The molecule has 106 valence electrons. The summed E-state index contributed by atoms with van der Waals surface area (Å²) in [6.45, 7) is 6.63. The summed E-state index contributed by atoms with van der Waals surface area (Å²) in [5, 5.41) is 0.937. The van der Waals surface area contributed by atoms with Gasteiger partial charge in [-0.15, -0.1) is 0 Å². The second-order valence-electron chi connectivity index (χ2n) is 6.33. The van der Waals surface area contributed by atoms with Crippen LogP contribution in [0.2, 0.25) is 0 Å². The molecule has 0 aliphatic rings. The quantitative estimate of drug-likeness (QED) is 0.601. The zero-order valence-corrected chi connectivity index (χ0v) is 12.5. The average molecular weight is 278 g/mol. The molecule has 0 unspecified atom stereocenters. The van der Waals surface area contributed by atoms with Crippen LogP contribution in [0, 0.1) is 0 Å². The summed E-state index contributed by atoms with van der Waals surface area (Å²) in [6, 6.07) is 17.8. The molecule has 2 heteroatoms. The van der Waals surface area contributed by atoms with Crippen LogP contribution in [0.5, 0.6) is 0 Å². The Kier molecular flexibility index (Phi) is 3.17. The van der Waals surface area contributed by atoms with Crippen LogP contribution in [-0.4, -0.2) is 0 Å². The van der Waals surface area contributed by atoms with Gasteiger partial charge in [0.2, 0.25) is 0 Å². The van der Waals surface area contributed by atoms with Crippen molar-refractivity contribution in [3.05, 3.63) is 70.6 Å². The van der Waals surface area contributed by atoms with Crippen molar-refractivity contribution in [2.24, 2.45) is 0 Å². The molecule has 0 atom stereocenters. The molecule has 0 aliphatic carbocycles. The van der Waals surface area contributed by atoms with Gasteiger partial charge in [0.05, 0.1) is 0 Å². The average Bonchev–Trinajstić information content (AvgIpc) is 2.46. The second-order valence-corrected chi connectivity index (χ2v) is 6.33. The van der Waals surface area contributed by atoms with Crippen LogP contribution in [0.15, 0.2) is 63.8 Å². The van der Waals surface area contributed by atoms with E-state index in [1.165, 1.54) is 11.6 Å². The third-order valence-corrected chi connectivity index (χ3v) is 3.70. The van der Waals surface area contributed by atoms with Crippen molar-refractivity contribution in [3.8, 4) is 11.1 Å². The van der Waals surface area contributed by atoms with E-state index in [1.54, 1.807) is 6.07 Å². The highest BCUT2D eigenvalue weighted by molar-refractivity contribution is 5.82. The van der Waals surface area contributed by atoms with Crippen molar-refractivity contribution < 1.29 is 4.42 Å². The maximum absolute atomic E-state index is 11.2. The van der Waals surface area contributed by atoms with Gasteiger partial charge in [0.15, 0.2) is 0 Å². The standard InChI is InChI=1S/C19H18O2/c1-19(2,3)16-8-4-13(5-9-16)14-6-10-17-15(12-14)7-11-18(20)21-17/h4-12H,1-3H3. The molecule has 1 aromatic heterocycles. The van der Waals surface area contributed by atoms with Gasteiger partial charge in [-0.2, -0.15) is 0 Å². The highest BCUT2D eigenvalue weighted by Crippen LogP contribution is 2.27. The fourth-order valence-corrected chi connectivity index (χ4v) is 2.41. The molecular formula is C19H18O2. The molecule has 0 aliphatic heterocycles. The molecule has 3 rings (SSSR count). The molecule has 0 saturated heterocycles. The first-order valence-corrected chi connectivity index (χ1v) is 7.08. The summed E-state index contributed by atoms with van der Waals surface area (Å²) in [6.07, 6.45) is 0. The largest absolute Gasteiger partial charge is 0.423 e. The lowest BCUT2D eigenvalue weighted by Crippen LogP contribution is -2.10. The van der Waals surface area contributed by atoms with E-state index in [0.29, 0.717) is 5.58 Å². The second kappa shape index (κ2) is 4.88. The first-order chi connectivity index (χ1) is 9.93. The van der Waals surface area contributed by atoms with E-state index in [2.05, 4.69) is 45.0 Å². The van der Waals surface area contributed by atoms with E-state index in [4.69, 9.17) is 4.42 Å². The predicted molar refractivity (Wildman–Crippen MR) is 86.6 cm³/mol. The number of rotatable bonds is 1. The van der Waals surface area contributed by atoms with Gasteiger partial charge < -0.3 is 4.42 Å². The number of hydrogen-bond acceptors (Lipinski definition) is 2. The van der Waals surface area contributed by atoms with Gasteiger partial charge in [0, 0.05) is 11.5 Å². The van der Waals surface area contributed by atoms with Crippen LogP contribution in [0.4, 0.5) is 0 Å². The minimum Gasteiger partial charge on any atom is -0.423 e. The number of hydrogen-bond donors (Lipinski definition) is 0. The Bertz CT molecular complexity index is 834. The summed E-state index contributed by atoms with van der Waals surface area (Å²) >= 11 is 0. The molecule has 0 spiro atoms. The lowest BCUT2D eigenvalue weighted by molar-refractivity contribution is 0.561. The Morgan fingerprint density at radius 2 is 1.48 bits per heavy atom. The van der Waals surface area contributed by atoms with Crippen molar-refractivity contribution in [3.63, 3.8) is 0 Å². The van der Waals surface area contributed by atoms with Crippen LogP contribution in [0.1, 0.15) is 26.3 Å². The first-order valence-electron chi connectivity index (χ1n) is 7.08. The lowest BCUT2D eigenvalue weighted by Gasteiger charge is -2.19. The maximum Gasteiger partial charge on any atom is 0.336 e. The van der Waals surface area contributed by atoms with Gasteiger partial charge in [-0.05, 0) is 40.3 Å². The van der Waals surface area contributed by atoms with Gasteiger partial charge in [-0.1, -0.05) is 51.1 Å². The van der Waals surface area contributed by atoms with Gasteiger partial charge in [-0.25, -0.2) is 4.79 Å². The highest BCUT2D eigenvalue weighted by atomic mass is 16.4. The third kappa shape index (κ3) is 2.75. The molecule has 0 N–H and O–H groups in total. The summed E-state index contributed by atoms with van der Waals surface area (Å²) in [7, 11) is 0. The molecule has 2 nitrogen and oxygen atoms in total. The summed E-state index contributed by atoms with van der Waals surface area (Å²) < 4.78 is 5.16. The molecule has 2 aromatic carbocycles. The van der Waals surface area contributed by atoms with Crippen molar-refractivity contribution >= 4 is 11.0 Å². The van der Waals surface area contributed by atoms with Crippen LogP contribution in [-0.2, 0) is 5.41 Å². The van der Waals surface area contributed by atoms with Gasteiger partial charge in [0.25, 0.3) is 0 Å². The zero-order valence-electron chi connectivity index (χ0n) is 12.5. The molecule has 3 aromatic rings. The topological polar surface area (TPSA) is 30.2 Å². The van der Waals surface area contributed by atoms with Gasteiger partial charge in [0.1, 0.15) is 5.58 Å². The van der Waals surface area contributed by atoms with Gasteiger partial charge >= 0.3 is 5.63 Å². The SMILES string of the molecule is CC(C)(C)c1ccc(-c2ccc3oc(=O)ccc3c2)cc1. The van der Waals surface area contributed by atoms with Crippen LogP contribution < -0.4 is 5.63 Å². The normalized spacial score (nSPS) is 11.8. The Hall–Kier alpha value is -2.35. The summed E-state index contributed by atoms with van der Waals surface area (Å²) in [5.74, 6) is 0. The van der Waals surface area contributed by atoms with E-state index < -0.39 is 0 Å². The Labute approximate surface area is 124 Å². The Morgan fingerprint density at radius 3 is 2.14 bits per heavy atom. The van der Waals surface area contributed by atoms with E-state index in [-0.39, 0.29) is 11.0 Å². The zero-order chi connectivity index (χ0) is 15.0. The molecular weight excluding hydrogens is 260 g/mol. The first kappa shape index (κ1) is 13.6. The van der Waals surface area contributed by atoms with Crippen LogP contribution in [0.25, 0.3) is 22.1 Å². The van der Waals surface area contributed by atoms with Crippen molar-refractivity contribution in [1.82, 2.24) is 0 Å². The summed E-state index contributed by atoms with van der Waals surface area (Å²) in [5.41, 5.74) is 4.07. The monoisotopic (exact) mass is 278 g/mol. The fraction of sp³-hybridized carbons (Fsp3) is 0.211. The van der Waals surface area contributed by atoms with Crippen molar-refractivity contribution in [2.45, 2.75) is 26.2 Å². The highest BCUT2D eigenvalue weighted by Gasteiger charge is 2.13. The Balaban J connectivity index is 2.04. The number of fused-ring (bicyclic) bond motifs is 1. The lowest BCUT2D eigenvalue weighted by atomic mass is 9.86. The Morgan fingerprint density at radius 1 is 0.810 bits per heavy atom. The minimum atomic E-state index is -0.315. The molecule has 0 amide bonds. The fourth-order valence-electron chi connectivity index (χ4n) is 2.41. The van der Waals surface area contributed by atoms with Gasteiger partial charge in [-0.3, -0.25) is 0 Å².